The van der Waals surface area contributed by atoms with Crippen LogP contribution in [0.2, 0.25) is 0 Å². The fourth-order valence-electron chi connectivity index (χ4n) is 9.54. The van der Waals surface area contributed by atoms with Crippen molar-refractivity contribution in [1.29, 1.82) is 0 Å². The highest BCUT2D eigenvalue weighted by Crippen LogP contribution is 2.48. The summed E-state index contributed by atoms with van der Waals surface area (Å²) in [5.74, 6) is 0. The van der Waals surface area contributed by atoms with E-state index in [0.29, 0.717) is 0 Å². The first-order chi connectivity index (χ1) is 27.3. The lowest BCUT2D eigenvalue weighted by molar-refractivity contribution is 0.588. The Morgan fingerprint density at radius 3 is 1.77 bits per heavy atom. The fraction of sp³-hybridized carbons (Fsp3) is 0.208. The zero-order chi connectivity index (χ0) is 39.4. The molecule has 2 aliphatic rings. The Kier molecular flexibility index (Phi) is 7.77. The van der Waals surface area contributed by atoms with Gasteiger partial charge in [-0.2, -0.15) is 0 Å². The lowest BCUT2D eigenvalue weighted by Gasteiger charge is -2.46. The summed E-state index contributed by atoms with van der Waals surface area (Å²) in [6.07, 6.45) is 0. The molecule has 10 rings (SSSR count). The van der Waals surface area contributed by atoms with E-state index in [4.69, 9.17) is 4.42 Å². The molecule has 3 nitrogen and oxygen atoms in total. The molecule has 0 radical (unpaired) electrons. The van der Waals surface area contributed by atoms with Crippen molar-refractivity contribution in [1.82, 2.24) is 0 Å². The highest BCUT2D eigenvalue weighted by molar-refractivity contribution is 6.99. The van der Waals surface area contributed by atoms with Crippen LogP contribution < -0.4 is 26.2 Å². The molecule has 0 saturated carbocycles. The molecule has 8 aromatic rings. The SMILES string of the molecule is CC(C)(C)c1ccc(N2c3cc4oc5ccccc5c4cc3B3c4cc(C(C)(C)C)ccc4C(C)(C)c4cc(N(c5ccccc5)c5ccccc5)cc2c43)cc1. The second kappa shape index (κ2) is 12.5. The largest absolute Gasteiger partial charge is 0.456 e. The number of para-hydroxylation sites is 3. The van der Waals surface area contributed by atoms with Crippen molar-refractivity contribution in [2.75, 3.05) is 9.80 Å². The van der Waals surface area contributed by atoms with E-state index >= 15 is 0 Å². The molecule has 0 aliphatic carbocycles. The molecular weight excluding hydrogens is 691 g/mol. The third-order valence-corrected chi connectivity index (χ3v) is 12.6. The van der Waals surface area contributed by atoms with Gasteiger partial charge in [0.05, 0.1) is 0 Å². The molecule has 1 aromatic heterocycles. The van der Waals surface area contributed by atoms with Crippen molar-refractivity contribution in [2.45, 2.75) is 71.6 Å². The quantitative estimate of drug-likeness (QED) is 0.168. The van der Waals surface area contributed by atoms with Crippen molar-refractivity contribution < 1.29 is 4.42 Å². The average Bonchev–Trinajstić information content (AvgIpc) is 3.56. The van der Waals surface area contributed by atoms with Gasteiger partial charge in [0.15, 0.2) is 0 Å². The van der Waals surface area contributed by atoms with E-state index < -0.39 is 0 Å². The van der Waals surface area contributed by atoms with Gasteiger partial charge in [0, 0.05) is 56.4 Å². The van der Waals surface area contributed by atoms with Gasteiger partial charge in [0.1, 0.15) is 11.2 Å². The topological polar surface area (TPSA) is 19.6 Å². The number of rotatable bonds is 4. The minimum atomic E-state index is -0.285. The lowest BCUT2D eigenvalue weighted by atomic mass is 9.30. The highest BCUT2D eigenvalue weighted by Gasteiger charge is 2.47. The van der Waals surface area contributed by atoms with Crippen molar-refractivity contribution in [3.05, 3.63) is 174 Å². The molecule has 0 unspecified atom stereocenters. The molecule has 4 heteroatoms. The fourth-order valence-corrected chi connectivity index (χ4v) is 9.54. The second-order valence-electron chi connectivity index (χ2n) is 18.7. The zero-order valence-electron chi connectivity index (χ0n) is 34.3. The number of hydrogen-bond acceptors (Lipinski definition) is 3. The summed E-state index contributed by atoms with van der Waals surface area (Å²) in [4.78, 5) is 4.94. The molecule has 0 amide bonds. The van der Waals surface area contributed by atoms with Gasteiger partial charge in [-0.1, -0.05) is 152 Å². The van der Waals surface area contributed by atoms with Crippen molar-refractivity contribution in [2.24, 2.45) is 0 Å². The smallest absolute Gasteiger partial charge is 0.247 e. The summed E-state index contributed by atoms with van der Waals surface area (Å²) in [6, 6.07) is 56.3. The number of furan rings is 1. The van der Waals surface area contributed by atoms with Crippen molar-refractivity contribution in [3.8, 4) is 0 Å². The zero-order valence-corrected chi connectivity index (χ0v) is 34.3. The molecule has 280 valence electrons. The Labute approximate surface area is 337 Å². The first-order valence-electron chi connectivity index (χ1n) is 20.4. The van der Waals surface area contributed by atoms with Gasteiger partial charge in [-0.25, -0.2) is 0 Å². The minimum Gasteiger partial charge on any atom is -0.456 e. The third kappa shape index (κ3) is 5.56. The molecule has 0 atom stereocenters. The Hall–Kier alpha value is -6.00. The molecule has 7 aromatic carbocycles. The first-order valence-corrected chi connectivity index (χ1v) is 20.4. The summed E-state index contributed by atoms with van der Waals surface area (Å²) in [6.45, 7) is 18.7. The van der Waals surface area contributed by atoms with E-state index in [1.54, 1.807) is 0 Å². The van der Waals surface area contributed by atoms with Gasteiger partial charge in [-0.05, 0) is 98.6 Å². The molecule has 3 heterocycles. The highest BCUT2D eigenvalue weighted by atomic mass is 16.3. The molecule has 2 aliphatic heterocycles. The predicted molar refractivity (Wildman–Crippen MR) is 244 cm³/mol. The van der Waals surface area contributed by atoms with Crippen LogP contribution in [0, 0.1) is 0 Å². The Bertz CT molecular complexity index is 2800. The summed E-state index contributed by atoms with van der Waals surface area (Å²) < 4.78 is 6.67. The maximum absolute atomic E-state index is 6.67. The maximum Gasteiger partial charge on any atom is 0.247 e. The van der Waals surface area contributed by atoms with Crippen LogP contribution in [-0.4, -0.2) is 6.71 Å². The molecular formula is C53H49BN2O. The Balaban J connectivity index is 1.34. The number of nitrogens with zero attached hydrogens (tertiary/aromatic N) is 2. The van der Waals surface area contributed by atoms with Crippen LogP contribution in [0.25, 0.3) is 21.9 Å². The lowest BCUT2D eigenvalue weighted by Crippen LogP contribution is -2.64. The van der Waals surface area contributed by atoms with Gasteiger partial charge in [-0.15, -0.1) is 0 Å². The third-order valence-electron chi connectivity index (χ3n) is 12.6. The molecule has 0 fully saturated rings. The van der Waals surface area contributed by atoms with E-state index in [0.717, 1.165) is 50.4 Å². The summed E-state index contributed by atoms with van der Waals surface area (Å²) in [7, 11) is 0. The van der Waals surface area contributed by atoms with Crippen LogP contribution >= 0.6 is 0 Å². The standard InChI is InChI=1S/C53H49BN2O/c1-51(2,3)34-23-26-38(27-24-34)56-46-33-49-41(40-21-15-16-22-48(40)57-49)32-45(46)54-44-29-35(52(4,5)6)25-28-42(44)53(7,8)43-30-39(31-47(56)50(43)54)55(36-17-11-9-12-18-36)37-19-13-10-14-20-37/h9-33H,1-8H3. The number of benzene rings is 7. The monoisotopic (exact) mass is 740 g/mol. The summed E-state index contributed by atoms with van der Waals surface area (Å²) >= 11 is 0. The maximum atomic E-state index is 6.67. The van der Waals surface area contributed by atoms with Crippen molar-refractivity contribution in [3.63, 3.8) is 0 Å². The van der Waals surface area contributed by atoms with Gasteiger partial charge >= 0.3 is 0 Å². The van der Waals surface area contributed by atoms with Crippen LogP contribution in [0.15, 0.2) is 156 Å². The van der Waals surface area contributed by atoms with Crippen LogP contribution in [0.1, 0.15) is 77.6 Å². The molecule has 57 heavy (non-hydrogen) atoms. The van der Waals surface area contributed by atoms with Crippen LogP contribution in [0.4, 0.5) is 34.1 Å². The Morgan fingerprint density at radius 1 is 0.509 bits per heavy atom. The molecule has 0 N–H and O–H groups in total. The molecule has 0 saturated heterocycles. The van der Waals surface area contributed by atoms with E-state index in [9.17, 15) is 0 Å². The first kappa shape index (κ1) is 35.4. The Morgan fingerprint density at radius 2 is 1.12 bits per heavy atom. The number of fused-ring (bicyclic) bond motifs is 7. The predicted octanol–water partition coefficient (Wildman–Crippen LogP) is 12.6. The minimum absolute atomic E-state index is 0.00105. The van der Waals surface area contributed by atoms with Gasteiger partial charge in [0.25, 0.3) is 0 Å². The van der Waals surface area contributed by atoms with E-state index in [1.807, 2.05) is 0 Å². The van der Waals surface area contributed by atoms with Gasteiger partial charge in [-0.3, -0.25) is 0 Å². The van der Waals surface area contributed by atoms with Crippen LogP contribution in [-0.2, 0) is 16.2 Å². The van der Waals surface area contributed by atoms with E-state index in [-0.39, 0.29) is 23.0 Å². The van der Waals surface area contributed by atoms with Crippen molar-refractivity contribution >= 4 is 79.2 Å². The normalized spacial score (nSPS) is 14.4. The molecule has 0 spiro atoms. The van der Waals surface area contributed by atoms with Gasteiger partial charge < -0.3 is 14.2 Å². The second-order valence-corrected chi connectivity index (χ2v) is 18.7. The van der Waals surface area contributed by atoms with E-state index in [1.165, 1.54) is 44.3 Å². The van der Waals surface area contributed by atoms with Crippen LogP contribution in [0.5, 0.6) is 0 Å². The van der Waals surface area contributed by atoms with Gasteiger partial charge in [0.2, 0.25) is 6.71 Å². The average molecular weight is 741 g/mol. The summed E-state index contributed by atoms with van der Waals surface area (Å²) in [5.41, 5.74) is 17.9. The van der Waals surface area contributed by atoms with Crippen LogP contribution in [0.3, 0.4) is 0 Å². The van der Waals surface area contributed by atoms with E-state index in [2.05, 4.69) is 217 Å². The summed E-state index contributed by atoms with van der Waals surface area (Å²) in [5, 5.41) is 2.31. The molecule has 0 bridgehead atoms. The number of hydrogen-bond donors (Lipinski definition) is 0. The number of anilines is 6.